The van der Waals surface area contributed by atoms with Gasteiger partial charge in [0.15, 0.2) is 0 Å². The highest BCUT2D eigenvalue weighted by molar-refractivity contribution is 5.88. The summed E-state index contributed by atoms with van der Waals surface area (Å²) in [5.41, 5.74) is 0. The summed E-state index contributed by atoms with van der Waals surface area (Å²) in [5.74, 6) is -1.63. The molecule has 1 aliphatic heterocycles. The summed E-state index contributed by atoms with van der Waals surface area (Å²) >= 11 is 0. The fraction of sp³-hybridized carbons (Fsp3) is 0.778. The smallest absolute Gasteiger partial charge is 0.342 e. The van der Waals surface area contributed by atoms with Crippen LogP contribution in [0.3, 0.4) is 0 Å². The molecule has 98 valence electrons. The molecule has 0 spiro atoms. The van der Waals surface area contributed by atoms with Crippen molar-refractivity contribution >= 4 is 11.8 Å². The fourth-order valence-corrected chi connectivity index (χ4v) is 1.20. The van der Waals surface area contributed by atoms with Gasteiger partial charge in [-0.1, -0.05) is 13.8 Å². The molecule has 0 aliphatic carbocycles. The van der Waals surface area contributed by atoms with Crippen molar-refractivity contribution in [1.82, 2.24) is 10.4 Å². The lowest BCUT2D eigenvalue weighted by Crippen LogP contribution is -2.45. The fourth-order valence-electron chi connectivity index (χ4n) is 1.20. The van der Waals surface area contributed by atoms with Gasteiger partial charge in [-0.2, -0.15) is 13.2 Å². The van der Waals surface area contributed by atoms with Crippen LogP contribution in [-0.2, 0) is 14.4 Å². The van der Waals surface area contributed by atoms with Crippen molar-refractivity contribution in [3.63, 3.8) is 0 Å². The number of nitrogens with one attached hydrogen (secondary N) is 1. The zero-order valence-corrected chi connectivity index (χ0v) is 9.37. The number of carbonyl (C=O) groups is 2. The Morgan fingerprint density at radius 1 is 1.59 bits per heavy atom. The number of hydrogen-bond donors (Lipinski definition) is 1. The number of amides is 2. The maximum atomic E-state index is 12.0. The van der Waals surface area contributed by atoms with Gasteiger partial charge in [0.1, 0.15) is 19.2 Å². The summed E-state index contributed by atoms with van der Waals surface area (Å²) in [4.78, 5) is 27.3. The molecule has 8 heteroatoms. The van der Waals surface area contributed by atoms with Crippen LogP contribution < -0.4 is 5.32 Å². The molecule has 1 N–H and O–H groups in total. The third-order valence-corrected chi connectivity index (χ3v) is 2.10. The summed E-state index contributed by atoms with van der Waals surface area (Å²) in [6.45, 7) is 1.49. The molecule has 1 rings (SSSR count). The van der Waals surface area contributed by atoms with Crippen molar-refractivity contribution < 1.29 is 27.6 Å². The lowest BCUT2D eigenvalue weighted by molar-refractivity contribution is -0.214. The van der Waals surface area contributed by atoms with E-state index in [-0.39, 0.29) is 17.6 Å². The average molecular weight is 254 g/mol. The number of alkyl halides is 3. The molecule has 0 bridgehead atoms. The monoisotopic (exact) mass is 254 g/mol. The van der Waals surface area contributed by atoms with Gasteiger partial charge in [0.2, 0.25) is 5.91 Å². The van der Waals surface area contributed by atoms with Crippen LogP contribution in [0.15, 0.2) is 0 Å². The van der Waals surface area contributed by atoms with Crippen LogP contribution >= 0.6 is 0 Å². The molecule has 0 aromatic carbocycles. The van der Waals surface area contributed by atoms with E-state index >= 15 is 0 Å². The first-order valence-corrected chi connectivity index (χ1v) is 5.02. The normalized spacial score (nSPS) is 21.2. The van der Waals surface area contributed by atoms with E-state index in [0.29, 0.717) is 0 Å². The quantitative estimate of drug-likeness (QED) is 0.796. The van der Waals surface area contributed by atoms with E-state index in [1.807, 2.05) is 0 Å². The van der Waals surface area contributed by atoms with Crippen molar-refractivity contribution in [2.75, 3.05) is 13.2 Å². The minimum Gasteiger partial charge on any atom is -0.342 e. The Hall–Kier alpha value is -1.31. The van der Waals surface area contributed by atoms with E-state index in [2.05, 4.69) is 10.2 Å². The summed E-state index contributed by atoms with van der Waals surface area (Å²) in [5, 5.41) is 2.55. The summed E-state index contributed by atoms with van der Waals surface area (Å²) in [6, 6.07) is -1.03. The number of hydroxylamine groups is 2. The number of rotatable bonds is 3. The highest BCUT2D eigenvalue weighted by Crippen LogP contribution is 2.20. The van der Waals surface area contributed by atoms with Crippen molar-refractivity contribution in [3.8, 4) is 0 Å². The minimum absolute atomic E-state index is 0.227. The van der Waals surface area contributed by atoms with Crippen molar-refractivity contribution in [2.45, 2.75) is 26.1 Å². The first kappa shape index (κ1) is 13.8. The Kier molecular flexibility index (Phi) is 3.97. The van der Waals surface area contributed by atoms with Crippen LogP contribution in [0.25, 0.3) is 0 Å². The van der Waals surface area contributed by atoms with Gasteiger partial charge in [0.25, 0.3) is 5.91 Å². The molecular weight excluding hydrogens is 241 g/mol. The van der Waals surface area contributed by atoms with Gasteiger partial charge < -0.3 is 5.32 Å². The molecule has 0 radical (unpaired) electrons. The Labute approximate surface area is 95.8 Å². The van der Waals surface area contributed by atoms with Crippen LogP contribution in [-0.4, -0.2) is 42.2 Å². The van der Waals surface area contributed by atoms with Crippen LogP contribution in [0.1, 0.15) is 13.8 Å². The Balaban J connectivity index is 2.53. The van der Waals surface area contributed by atoms with E-state index < -0.39 is 30.6 Å². The largest absolute Gasteiger partial charge is 0.408 e. The number of carbonyl (C=O) groups excluding carboxylic acids is 2. The number of halogens is 3. The molecule has 0 saturated carbocycles. The molecular formula is C9H13F3N2O3. The maximum absolute atomic E-state index is 12.0. The molecule has 5 nitrogen and oxygen atoms in total. The standard InChI is InChI=1S/C9H13F3N2O3/c1-5(2)7(15)13-6-3-17-14(8(6)16)4-9(10,11)12/h5-6H,3-4H2,1-2H3,(H,13,15)/t6-/m0/s1. The SMILES string of the molecule is CC(C)C(=O)N[C@H]1CON(CC(F)(F)F)C1=O. The lowest BCUT2D eigenvalue weighted by atomic mass is 10.2. The van der Waals surface area contributed by atoms with E-state index in [1.54, 1.807) is 13.8 Å². The van der Waals surface area contributed by atoms with Gasteiger partial charge in [-0.3, -0.25) is 14.4 Å². The van der Waals surface area contributed by atoms with Crippen LogP contribution in [0.4, 0.5) is 13.2 Å². The summed E-state index contributed by atoms with van der Waals surface area (Å²) in [6.07, 6.45) is -4.52. The van der Waals surface area contributed by atoms with E-state index in [1.165, 1.54) is 0 Å². The molecule has 17 heavy (non-hydrogen) atoms. The van der Waals surface area contributed by atoms with Gasteiger partial charge in [-0.15, -0.1) is 0 Å². The molecule has 0 aromatic heterocycles. The molecule has 1 saturated heterocycles. The van der Waals surface area contributed by atoms with Crippen molar-refractivity contribution in [1.29, 1.82) is 0 Å². The van der Waals surface area contributed by atoms with Gasteiger partial charge in [0.05, 0.1) is 0 Å². The topological polar surface area (TPSA) is 58.6 Å². The second-order valence-electron chi connectivity index (χ2n) is 4.00. The van der Waals surface area contributed by atoms with Crippen LogP contribution in [0.2, 0.25) is 0 Å². The van der Waals surface area contributed by atoms with Gasteiger partial charge in [0, 0.05) is 5.92 Å². The van der Waals surface area contributed by atoms with Crippen LogP contribution in [0.5, 0.6) is 0 Å². The molecule has 1 atom stereocenters. The van der Waals surface area contributed by atoms with Crippen LogP contribution in [0, 0.1) is 5.92 Å². The minimum atomic E-state index is -4.52. The Morgan fingerprint density at radius 2 is 2.18 bits per heavy atom. The molecule has 1 heterocycles. The summed E-state index contributed by atoms with van der Waals surface area (Å²) in [7, 11) is 0. The molecule has 0 aromatic rings. The van der Waals surface area contributed by atoms with Gasteiger partial charge in [-0.25, -0.2) is 5.06 Å². The Morgan fingerprint density at radius 3 is 2.65 bits per heavy atom. The molecule has 1 aliphatic rings. The first-order chi connectivity index (χ1) is 7.70. The third-order valence-electron chi connectivity index (χ3n) is 2.10. The zero-order chi connectivity index (χ0) is 13.2. The maximum Gasteiger partial charge on any atom is 0.408 e. The molecule has 1 fully saturated rings. The van der Waals surface area contributed by atoms with Crippen molar-refractivity contribution in [2.24, 2.45) is 5.92 Å². The molecule has 0 unspecified atom stereocenters. The second-order valence-corrected chi connectivity index (χ2v) is 4.00. The zero-order valence-electron chi connectivity index (χ0n) is 9.37. The highest BCUT2D eigenvalue weighted by atomic mass is 19.4. The van der Waals surface area contributed by atoms with E-state index in [0.717, 1.165) is 0 Å². The number of hydrogen-bond acceptors (Lipinski definition) is 3. The average Bonchev–Trinajstić information content (AvgIpc) is 2.47. The van der Waals surface area contributed by atoms with Crippen molar-refractivity contribution in [3.05, 3.63) is 0 Å². The first-order valence-electron chi connectivity index (χ1n) is 5.02. The predicted octanol–water partition coefficient (Wildman–Crippen LogP) is 0.463. The van der Waals surface area contributed by atoms with E-state index in [4.69, 9.17) is 0 Å². The van der Waals surface area contributed by atoms with Gasteiger partial charge in [-0.05, 0) is 0 Å². The highest BCUT2D eigenvalue weighted by Gasteiger charge is 2.41. The Bertz CT molecular complexity index is 317. The van der Waals surface area contributed by atoms with Gasteiger partial charge >= 0.3 is 6.18 Å². The second kappa shape index (κ2) is 4.91. The third kappa shape index (κ3) is 3.88. The number of nitrogens with zero attached hydrogens (tertiary/aromatic N) is 1. The molecule has 2 amide bonds. The lowest BCUT2D eigenvalue weighted by Gasteiger charge is -2.16. The predicted molar refractivity (Wildman–Crippen MR) is 50.5 cm³/mol. The summed E-state index contributed by atoms with van der Waals surface area (Å²) < 4.78 is 36.1. The van der Waals surface area contributed by atoms with E-state index in [9.17, 15) is 22.8 Å².